The number of amides is 2. The van der Waals surface area contributed by atoms with Gasteiger partial charge in [0.2, 0.25) is 0 Å². The van der Waals surface area contributed by atoms with Gasteiger partial charge in [0.15, 0.2) is 17.4 Å². The zero-order valence-electron chi connectivity index (χ0n) is 13.5. The average molecular weight is 356 g/mol. The predicted molar refractivity (Wildman–Crippen MR) is 90.4 cm³/mol. The van der Waals surface area contributed by atoms with Crippen molar-refractivity contribution < 1.29 is 23.2 Å². The molecule has 132 valence electrons. The van der Waals surface area contributed by atoms with E-state index in [2.05, 4.69) is 5.32 Å². The molecule has 1 heterocycles. The topological polar surface area (TPSA) is 66.5 Å². The fourth-order valence-corrected chi connectivity index (χ4v) is 2.55. The maximum atomic E-state index is 13.6. The zero-order valence-corrected chi connectivity index (χ0v) is 13.5. The van der Waals surface area contributed by atoms with Gasteiger partial charge >= 0.3 is 0 Å². The van der Waals surface area contributed by atoms with E-state index in [-0.39, 0.29) is 30.1 Å². The van der Waals surface area contributed by atoms with Crippen LogP contribution in [0.4, 0.5) is 14.5 Å². The Hall–Kier alpha value is -3.35. The molecule has 3 rings (SSSR count). The van der Waals surface area contributed by atoms with Crippen LogP contribution in [0, 0.1) is 11.6 Å². The van der Waals surface area contributed by atoms with Gasteiger partial charge in [-0.25, -0.2) is 8.78 Å². The van der Waals surface area contributed by atoms with E-state index in [1.165, 1.54) is 23.1 Å². The normalized spacial score (nSPS) is 13.5. The minimum Gasteiger partial charge on any atom is -0.327 e. The molecule has 7 heteroatoms. The molecule has 0 saturated carbocycles. The van der Waals surface area contributed by atoms with E-state index in [1.54, 1.807) is 30.3 Å². The maximum absolute atomic E-state index is 13.6. The number of ketones is 1. The maximum Gasteiger partial charge on any atom is 0.261 e. The third-order valence-electron chi connectivity index (χ3n) is 3.91. The SMILES string of the molecule is O=C(Nc1cccc(F)c1F)C1=CCN(CC(=O)c2ccccc2)C1=O. The van der Waals surface area contributed by atoms with Crippen LogP contribution in [0.15, 0.2) is 60.2 Å². The summed E-state index contributed by atoms with van der Waals surface area (Å²) in [6.45, 7) is -0.0871. The summed E-state index contributed by atoms with van der Waals surface area (Å²) in [4.78, 5) is 37.9. The summed E-state index contributed by atoms with van der Waals surface area (Å²) < 4.78 is 26.8. The van der Waals surface area contributed by atoms with Crippen molar-refractivity contribution >= 4 is 23.3 Å². The summed E-state index contributed by atoms with van der Waals surface area (Å²) in [5.74, 6) is -4.06. The lowest BCUT2D eigenvalue weighted by atomic mass is 10.1. The quantitative estimate of drug-likeness (QED) is 0.661. The molecule has 0 aliphatic carbocycles. The molecule has 1 aliphatic rings. The Balaban J connectivity index is 1.66. The van der Waals surface area contributed by atoms with Gasteiger partial charge in [-0.3, -0.25) is 14.4 Å². The van der Waals surface area contributed by atoms with Gasteiger partial charge in [-0.05, 0) is 18.2 Å². The molecule has 0 spiro atoms. The highest BCUT2D eigenvalue weighted by Crippen LogP contribution is 2.19. The first-order valence-corrected chi connectivity index (χ1v) is 7.80. The van der Waals surface area contributed by atoms with Crippen LogP contribution in [0.25, 0.3) is 0 Å². The molecular weight excluding hydrogens is 342 g/mol. The van der Waals surface area contributed by atoms with Crippen LogP contribution in [-0.2, 0) is 9.59 Å². The Labute approximate surface area is 147 Å². The van der Waals surface area contributed by atoms with Crippen LogP contribution in [-0.4, -0.2) is 35.6 Å². The summed E-state index contributed by atoms with van der Waals surface area (Å²) in [5, 5.41) is 2.17. The van der Waals surface area contributed by atoms with Gasteiger partial charge < -0.3 is 10.2 Å². The highest BCUT2D eigenvalue weighted by Gasteiger charge is 2.30. The molecular formula is C19H14F2N2O3. The van der Waals surface area contributed by atoms with Crippen molar-refractivity contribution in [2.75, 3.05) is 18.4 Å². The van der Waals surface area contributed by atoms with Gasteiger partial charge in [0, 0.05) is 12.1 Å². The molecule has 1 aliphatic heterocycles. The van der Waals surface area contributed by atoms with Crippen molar-refractivity contribution in [3.8, 4) is 0 Å². The summed E-state index contributed by atoms with van der Waals surface area (Å²) in [6.07, 6.45) is 1.35. The highest BCUT2D eigenvalue weighted by molar-refractivity contribution is 6.24. The lowest BCUT2D eigenvalue weighted by Crippen LogP contribution is -2.34. The first kappa shape index (κ1) is 17.5. The Morgan fingerprint density at radius 1 is 1.04 bits per heavy atom. The van der Waals surface area contributed by atoms with Crippen molar-refractivity contribution in [3.05, 3.63) is 77.4 Å². The molecule has 2 amide bonds. The monoisotopic (exact) mass is 356 g/mol. The van der Waals surface area contributed by atoms with Gasteiger partial charge in [-0.1, -0.05) is 36.4 Å². The Morgan fingerprint density at radius 3 is 2.50 bits per heavy atom. The smallest absolute Gasteiger partial charge is 0.261 e. The summed E-state index contributed by atoms with van der Waals surface area (Å²) in [7, 11) is 0. The molecule has 0 atom stereocenters. The van der Waals surface area contributed by atoms with Crippen LogP contribution >= 0.6 is 0 Å². The number of carbonyl (C=O) groups excluding carboxylic acids is 3. The van der Waals surface area contributed by atoms with Crippen LogP contribution in [0.2, 0.25) is 0 Å². The number of carbonyl (C=O) groups is 3. The molecule has 2 aromatic carbocycles. The predicted octanol–water partition coefficient (Wildman–Crippen LogP) is 2.55. The molecule has 0 fully saturated rings. The molecule has 0 unspecified atom stereocenters. The Bertz CT molecular complexity index is 910. The number of halogens is 2. The number of nitrogens with zero attached hydrogens (tertiary/aromatic N) is 1. The molecule has 1 N–H and O–H groups in total. The fourth-order valence-electron chi connectivity index (χ4n) is 2.55. The van der Waals surface area contributed by atoms with Crippen molar-refractivity contribution in [2.45, 2.75) is 0 Å². The molecule has 0 bridgehead atoms. The van der Waals surface area contributed by atoms with E-state index in [1.807, 2.05) is 0 Å². The zero-order chi connectivity index (χ0) is 18.7. The van der Waals surface area contributed by atoms with E-state index in [9.17, 15) is 23.2 Å². The van der Waals surface area contributed by atoms with Crippen molar-refractivity contribution in [3.63, 3.8) is 0 Å². The number of Topliss-reactive ketones (excluding diaryl/α,β-unsaturated/α-hetero) is 1. The van der Waals surface area contributed by atoms with Gasteiger partial charge in [0.25, 0.3) is 11.8 Å². The van der Waals surface area contributed by atoms with Crippen molar-refractivity contribution in [2.24, 2.45) is 0 Å². The number of nitrogens with one attached hydrogen (secondary N) is 1. The molecule has 0 aromatic heterocycles. The summed E-state index contributed by atoms with van der Waals surface area (Å²) in [5.41, 5.74) is -0.114. The summed E-state index contributed by atoms with van der Waals surface area (Å²) in [6, 6.07) is 11.8. The van der Waals surface area contributed by atoms with Gasteiger partial charge in [-0.2, -0.15) is 0 Å². The summed E-state index contributed by atoms with van der Waals surface area (Å²) >= 11 is 0. The fraction of sp³-hybridized carbons (Fsp3) is 0.105. The first-order valence-electron chi connectivity index (χ1n) is 7.80. The minimum atomic E-state index is -1.21. The van der Waals surface area contributed by atoms with E-state index in [0.717, 1.165) is 6.07 Å². The second-order valence-electron chi connectivity index (χ2n) is 5.65. The Kier molecular flexibility index (Phi) is 4.88. The first-order chi connectivity index (χ1) is 12.5. The van der Waals surface area contributed by atoms with E-state index >= 15 is 0 Å². The number of benzene rings is 2. The van der Waals surface area contributed by atoms with Crippen LogP contribution in [0.1, 0.15) is 10.4 Å². The minimum absolute atomic E-state index is 0.0891. The van der Waals surface area contributed by atoms with Crippen LogP contribution < -0.4 is 5.32 Å². The standard InChI is InChI=1S/C19H14F2N2O3/c20-14-7-4-8-15(17(14)21)22-18(25)13-9-10-23(19(13)26)11-16(24)12-5-2-1-3-6-12/h1-9H,10-11H2,(H,22,25). The lowest BCUT2D eigenvalue weighted by Gasteiger charge is -2.15. The van der Waals surface area contributed by atoms with Crippen molar-refractivity contribution in [1.29, 1.82) is 0 Å². The van der Waals surface area contributed by atoms with Gasteiger partial charge in [0.05, 0.1) is 12.2 Å². The molecule has 5 nitrogen and oxygen atoms in total. The van der Waals surface area contributed by atoms with Crippen LogP contribution in [0.3, 0.4) is 0 Å². The lowest BCUT2D eigenvalue weighted by molar-refractivity contribution is -0.127. The third-order valence-corrected chi connectivity index (χ3v) is 3.91. The number of hydrogen-bond donors (Lipinski definition) is 1. The number of hydrogen-bond acceptors (Lipinski definition) is 3. The second-order valence-corrected chi connectivity index (χ2v) is 5.65. The molecule has 2 aromatic rings. The Morgan fingerprint density at radius 2 is 1.77 bits per heavy atom. The van der Waals surface area contributed by atoms with E-state index in [4.69, 9.17) is 0 Å². The second kappa shape index (κ2) is 7.26. The number of rotatable bonds is 5. The highest BCUT2D eigenvalue weighted by atomic mass is 19.2. The van der Waals surface area contributed by atoms with Gasteiger partial charge in [-0.15, -0.1) is 0 Å². The average Bonchev–Trinajstić information content (AvgIpc) is 3.00. The van der Waals surface area contributed by atoms with E-state index < -0.39 is 23.4 Å². The molecule has 0 saturated heterocycles. The largest absolute Gasteiger partial charge is 0.327 e. The van der Waals surface area contributed by atoms with Crippen molar-refractivity contribution in [1.82, 2.24) is 4.90 Å². The third kappa shape index (κ3) is 3.51. The number of anilines is 1. The van der Waals surface area contributed by atoms with Gasteiger partial charge in [0.1, 0.15) is 5.57 Å². The van der Waals surface area contributed by atoms with Crippen LogP contribution in [0.5, 0.6) is 0 Å². The van der Waals surface area contributed by atoms with E-state index in [0.29, 0.717) is 5.56 Å². The molecule has 0 radical (unpaired) electrons. The molecule has 26 heavy (non-hydrogen) atoms.